The lowest BCUT2D eigenvalue weighted by atomic mass is 10.2. The summed E-state index contributed by atoms with van der Waals surface area (Å²) in [6, 6.07) is 10.9. The quantitative estimate of drug-likeness (QED) is 0.606. The fourth-order valence-electron chi connectivity index (χ4n) is 3.45. The normalized spacial score (nSPS) is 16.4. The Bertz CT molecular complexity index is 991. The molecule has 3 heterocycles. The van der Waals surface area contributed by atoms with Gasteiger partial charge in [0.2, 0.25) is 11.7 Å². The number of carbonyl (C=O) groups excluding carboxylic acids is 1. The number of likely N-dealkylation sites (tertiary alicyclic amines) is 1. The maximum Gasteiger partial charge on any atom is 0.257 e. The van der Waals surface area contributed by atoms with Gasteiger partial charge in [-0.05, 0) is 43.4 Å². The van der Waals surface area contributed by atoms with Gasteiger partial charge in [0, 0.05) is 12.7 Å². The molecule has 8 heteroatoms. The highest BCUT2D eigenvalue weighted by Gasteiger charge is 2.35. The Labute approximate surface area is 167 Å². The van der Waals surface area contributed by atoms with Crippen molar-refractivity contribution in [3.63, 3.8) is 0 Å². The van der Waals surface area contributed by atoms with E-state index in [4.69, 9.17) is 9.26 Å². The monoisotopic (exact) mass is 396 g/mol. The van der Waals surface area contributed by atoms with Gasteiger partial charge in [-0.25, -0.2) is 4.98 Å². The number of nitrogens with zero attached hydrogens (tertiary/aromatic N) is 4. The van der Waals surface area contributed by atoms with Gasteiger partial charge in [-0.3, -0.25) is 4.79 Å². The number of methoxy groups -OCH3 is 1. The third-order valence-corrected chi connectivity index (χ3v) is 5.50. The zero-order valence-electron chi connectivity index (χ0n) is 15.7. The van der Waals surface area contributed by atoms with Gasteiger partial charge in [0.15, 0.2) is 0 Å². The van der Waals surface area contributed by atoms with E-state index in [2.05, 4.69) is 15.1 Å². The van der Waals surface area contributed by atoms with Gasteiger partial charge in [0.25, 0.3) is 5.91 Å². The molecule has 2 aromatic heterocycles. The molecule has 1 amide bonds. The van der Waals surface area contributed by atoms with Gasteiger partial charge >= 0.3 is 0 Å². The highest BCUT2D eigenvalue weighted by molar-refractivity contribution is 7.98. The summed E-state index contributed by atoms with van der Waals surface area (Å²) >= 11 is 1.46. The largest absolute Gasteiger partial charge is 0.496 e. The summed E-state index contributed by atoms with van der Waals surface area (Å²) in [4.78, 5) is 23.8. The molecule has 0 bridgehead atoms. The van der Waals surface area contributed by atoms with Gasteiger partial charge in [-0.15, -0.1) is 11.8 Å². The number of aromatic nitrogens is 3. The Morgan fingerprint density at radius 2 is 2.14 bits per heavy atom. The molecule has 7 nitrogen and oxygen atoms in total. The van der Waals surface area contributed by atoms with Crippen LogP contribution in [-0.4, -0.2) is 45.8 Å². The second-order valence-corrected chi connectivity index (χ2v) is 7.17. The summed E-state index contributed by atoms with van der Waals surface area (Å²) in [6.07, 6.45) is 5.28. The van der Waals surface area contributed by atoms with Crippen LogP contribution in [0, 0.1) is 0 Å². The van der Waals surface area contributed by atoms with Crippen LogP contribution in [0.25, 0.3) is 11.4 Å². The van der Waals surface area contributed by atoms with Gasteiger partial charge in [0.05, 0.1) is 18.2 Å². The molecular weight excluding hydrogens is 376 g/mol. The molecule has 4 rings (SSSR count). The van der Waals surface area contributed by atoms with Crippen LogP contribution < -0.4 is 4.74 Å². The fraction of sp³-hybridized carbons (Fsp3) is 0.300. The van der Waals surface area contributed by atoms with Crippen molar-refractivity contribution < 1.29 is 14.1 Å². The number of hydrogen-bond acceptors (Lipinski definition) is 7. The second-order valence-electron chi connectivity index (χ2n) is 6.37. The average molecular weight is 396 g/mol. The number of thioether (sulfide) groups is 1. The van der Waals surface area contributed by atoms with Crippen molar-refractivity contribution >= 4 is 17.7 Å². The van der Waals surface area contributed by atoms with Crippen molar-refractivity contribution in [1.29, 1.82) is 0 Å². The Balaban J connectivity index is 1.63. The Hall–Kier alpha value is -2.87. The van der Waals surface area contributed by atoms with Crippen molar-refractivity contribution in [2.24, 2.45) is 0 Å². The summed E-state index contributed by atoms with van der Waals surface area (Å²) in [5, 5.41) is 4.84. The Morgan fingerprint density at radius 3 is 2.96 bits per heavy atom. The number of rotatable bonds is 5. The number of carbonyl (C=O) groups is 1. The number of para-hydroxylation sites is 1. The summed E-state index contributed by atoms with van der Waals surface area (Å²) in [7, 11) is 1.61. The van der Waals surface area contributed by atoms with E-state index in [0.29, 0.717) is 29.6 Å². The first kappa shape index (κ1) is 18.5. The minimum Gasteiger partial charge on any atom is -0.496 e. The molecule has 0 radical (unpaired) electrons. The number of ether oxygens (including phenoxy) is 1. The second kappa shape index (κ2) is 8.02. The third kappa shape index (κ3) is 3.35. The zero-order valence-corrected chi connectivity index (χ0v) is 16.5. The van der Waals surface area contributed by atoms with E-state index in [1.54, 1.807) is 24.3 Å². The molecule has 1 fully saturated rings. The van der Waals surface area contributed by atoms with Crippen molar-refractivity contribution in [3.8, 4) is 17.1 Å². The van der Waals surface area contributed by atoms with E-state index in [-0.39, 0.29) is 11.9 Å². The standard InChI is InChI=1S/C20H20N4O3S/c1-26-16-10-4-3-7-13(16)17-22-18(27-23-17)15-9-6-12-24(15)20(25)14-8-5-11-21-19(14)28-2/h3-5,7-8,10-11,15H,6,9,12H2,1-2H3/t15-/m0/s1. The van der Waals surface area contributed by atoms with Gasteiger partial charge in [-0.2, -0.15) is 4.98 Å². The maximum atomic E-state index is 13.2. The minimum absolute atomic E-state index is 0.0583. The minimum atomic E-state index is -0.238. The lowest BCUT2D eigenvalue weighted by molar-refractivity contribution is 0.0705. The SMILES string of the molecule is COc1ccccc1-c1noc([C@@H]2CCCN2C(=O)c2cccnc2SC)n1. The first-order valence-electron chi connectivity index (χ1n) is 9.00. The van der Waals surface area contributed by atoms with Crippen LogP contribution in [0.2, 0.25) is 0 Å². The smallest absolute Gasteiger partial charge is 0.257 e. The predicted octanol–water partition coefficient (Wildman–Crippen LogP) is 3.84. The molecule has 3 aromatic rings. The lowest BCUT2D eigenvalue weighted by Gasteiger charge is -2.22. The Kier molecular flexibility index (Phi) is 5.29. The number of hydrogen-bond donors (Lipinski definition) is 0. The molecular formula is C20H20N4O3S. The van der Waals surface area contributed by atoms with Crippen LogP contribution >= 0.6 is 11.8 Å². The van der Waals surface area contributed by atoms with E-state index >= 15 is 0 Å². The molecule has 1 saturated heterocycles. The first-order chi connectivity index (χ1) is 13.7. The molecule has 144 valence electrons. The molecule has 0 aliphatic carbocycles. The molecule has 1 aromatic carbocycles. The van der Waals surface area contributed by atoms with Gasteiger partial charge < -0.3 is 14.2 Å². The number of benzene rings is 1. The maximum absolute atomic E-state index is 13.2. The number of pyridine rings is 1. The lowest BCUT2D eigenvalue weighted by Crippen LogP contribution is -2.31. The molecule has 0 spiro atoms. The topological polar surface area (TPSA) is 81.4 Å². The number of amides is 1. The molecule has 1 atom stereocenters. The van der Waals surface area contributed by atoms with Crippen molar-refractivity contribution in [2.75, 3.05) is 19.9 Å². The fourth-order valence-corrected chi connectivity index (χ4v) is 3.99. The predicted molar refractivity (Wildman–Crippen MR) is 105 cm³/mol. The Morgan fingerprint density at radius 1 is 1.29 bits per heavy atom. The van der Waals surface area contributed by atoms with Crippen LogP contribution in [0.4, 0.5) is 0 Å². The molecule has 0 unspecified atom stereocenters. The van der Waals surface area contributed by atoms with Crippen LogP contribution in [0.5, 0.6) is 5.75 Å². The average Bonchev–Trinajstić information content (AvgIpc) is 3.42. The highest BCUT2D eigenvalue weighted by Crippen LogP contribution is 2.35. The van der Waals surface area contributed by atoms with Gasteiger partial charge in [-0.1, -0.05) is 17.3 Å². The molecule has 1 aliphatic heterocycles. The summed E-state index contributed by atoms with van der Waals surface area (Å²) in [5.41, 5.74) is 1.36. The molecule has 0 saturated carbocycles. The first-order valence-corrected chi connectivity index (χ1v) is 10.2. The molecule has 28 heavy (non-hydrogen) atoms. The molecule has 1 aliphatic rings. The van der Waals surface area contributed by atoms with Crippen LogP contribution in [0.3, 0.4) is 0 Å². The summed E-state index contributed by atoms with van der Waals surface area (Å²) in [6.45, 7) is 0.651. The summed E-state index contributed by atoms with van der Waals surface area (Å²) in [5.74, 6) is 1.52. The van der Waals surface area contributed by atoms with E-state index in [1.165, 1.54) is 11.8 Å². The van der Waals surface area contributed by atoms with Crippen molar-refractivity contribution in [1.82, 2.24) is 20.0 Å². The third-order valence-electron chi connectivity index (χ3n) is 4.78. The van der Waals surface area contributed by atoms with Crippen molar-refractivity contribution in [3.05, 3.63) is 54.0 Å². The molecule has 0 N–H and O–H groups in total. The van der Waals surface area contributed by atoms with E-state index in [9.17, 15) is 4.79 Å². The highest BCUT2D eigenvalue weighted by atomic mass is 32.2. The van der Waals surface area contributed by atoms with Crippen LogP contribution in [0.1, 0.15) is 35.1 Å². The van der Waals surface area contributed by atoms with Crippen molar-refractivity contribution in [2.45, 2.75) is 23.9 Å². The zero-order chi connectivity index (χ0) is 19.5. The van der Waals surface area contributed by atoms with E-state index in [0.717, 1.165) is 23.4 Å². The van der Waals surface area contributed by atoms with E-state index in [1.807, 2.05) is 36.6 Å². The van der Waals surface area contributed by atoms with Crippen LogP contribution in [-0.2, 0) is 0 Å². The summed E-state index contributed by atoms with van der Waals surface area (Å²) < 4.78 is 10.9. The van der Waals surface area contributed by atoms with Gasteiger partial charge in [0.1, 0.15) is 16.8 Å². The van der Waals surface area contributed by atoms with E-state index < -0.39 is 0 Å². The van der Waals surface area contributed by atoms with Crippen LogP contribution in [0.15, 0.2) is 52.1 Å².